The molecular formula is C12H17NO3. The molecule has 0 fully saturated rings. The fraction of sp³-hybridized carbons (Fsp3) is 0.500. The molecule has 0 aliphatic rings. The summed E-state index contributed by atoms with van der Waals surface area (Å²) in [4.78, 5) is 15.6. The molecule has 0 bridgehead atoms. The van der Waals surface area contributed by atoms with E-state index in [1.54, 1.807) is 12.3 Å². The highest BCUT2D eigenvalue weighted by atomic mass is 16.5. The Kier molecular flexibility index (Phi) is 5.50. The van der Waals surface area contributed by atoms with Gasteiger partial charge in [-0.05, 0) is 19.4 Å². The van der Waals surface area contributed by atoms with Crippen molar-refractivity contribution in [2.24, 2.45) is 0 Å². The number of ketones is 1. The summed E-state index contributed by atoms with van der Waals surface area (Å²) in [5.41, 5.74) is 0.530. The normalized spacial score (nSPS) is 10.1. The van der Waals surface area contributed by atoms with E-state index < -0.39 is 0 Å². The molecule has 0 atom stereocenters. The van der Waals surface area contributed by atoms with Gasteiger partial charge < -0.3 is 9.47 Å². The highest BCUT2D eigenvalue weighted by Gasteiger charge is 2.07. The molecule has 0 radical (unpaired) electrons. The maximum absolute atomic E-state index is 11.7. The van der Waals surface area contributed by atoms with E-state index in [1.807, 2.05) is 13.8 Å². The van der Waals surface area contributed by atoms with E-state index >= 15 is 0 Å². The summed E-state index contributed by atoms with van der Waals surface area (Å²) in [5, 5.41) is 0. The minimum absolute atomic E-state index is 0.0671. The van der Waals surface area contributed by atoms with Gasteiger partial charge in [0, 0.05) is 18.4 Å². The van der Waals surface area contributed by atoms with E-state index in [9.17, 15) is 4.79 Å². The SMILES string of the molecule is CCCOCC(=O)c1cncc(OCC)c1. The van der Waals surface area contributed by atoms with Crippen LogP contribution in [0.5, 0.6) is 5.75 Å². The number of rotatable bonds is 7. The number of ether oxygens (including phenoxy) is 2. The van der Waals surface area contributed by atoms with Crippen molar-refractivity contribution in [2.45, 2.75) is 20.3 Å². The maximum atomic E-state index is 11.7. The minimum Gasteiger partial charge on any atom is -0.492 e. The number of Topliss-reactive ketones (excluding diaryl/α,β-unsaturated/α-hetero) is 1. The Bertz CT molecular complexity index is 339. The second-order valence-corrected chi connectivity index (χ2v) is 3.32. The molecule has 4 heteroatoms. The lowest BCUT2D eigenvalue weighted by Crippen LogP contribution is -2.10. The minimum atomic E-state index is -0.0671. The van der Waals surface area contributed by atoms with Gasteiger partial charge in [-0.25, -0.2) is 0 Å². The van der Waals surface area contributed by atoms with Gasteiger partial charge in [0.2, 0.25) is 0 Å². The second-order valence-electron chi connectivity index (χ2n) is 3.32. The van der Waals surface area contributed by atoms with Crippen molar-refractivity contribution in [3.05, 3.63) is 24.0 Å². The molecule has 88 valence electrons. The third-order valence-corrected chi connectivity index (χ3v) is 1.93. The highest BCUT2D eigenvalue weighted by molar-refractivity contribution is 5.97. The lowest BCUT2D eigenvalue weighted by atomic mass is 10.2. The Morgan fingerprint density at radius 1 is 1.38 bits per heavy atom. The van der Waals surface area contributed by atoms with Crippen molar-refractivity contribution in [3.63, 3.8) is 0 Å². The molecule has 4 nitrogen and oxygen atoms in total. The van der Waals surface area contributed by atoms with Gasteiger partial charge in [-0.3, -0.25) is 9.78 Å². The Morgan fingerprint density at radius 2 is 2.19 bits per heavy atom. The number of hydrogen-bond acceptors (Lipinski definition) is 4. The van der Waals surface area contributed by atoms with Crippen molar-refractivity contribution < 1.29 is 14.3 Å². The quantitative estimate of drug-likeness (QED) is 0.524. The second kappa shape index (κ2) is 6.95. The molecule has 0 aliphatic heterocycles. The molecule has 0 aromatic carbocycles. The van der Waals surface area contributed by atoms with Gasteiger partial charge in [0.15, 0.2) is 5.78 Å². The predicted octanol–water partition coefficient (Wildman–Crippen LogP) is 2.09. The Balaban J connectivity index is 2.57. The first-order chi connectivity index (χ1) is 7.77. The van der Waals surface area contributed by atoms with Crippen molar-refractivity contribution in [3.8, 4) is 5.75 Å². The topological polar surface area (TPSA) is 48.4 Å². The highest BCUT2D eigenvalue weighted by Crippen LogP contribution is 2.11. The number of nitrogens with zero attached hydrogens (tertiary/aromatic N) is 1. The van der Waals surface area contributed by atoms with Gasteiger partial charge in [-0.15, -0.1) is 0 Å². The van der Waals surface area contributed by atoms with Gasteiger partial charge in [0.1, 0.15) is 12.4 Å². The first kappa shape index (κ1) is 12.6. The Morgan fingerprint density at radius 3 is 2.88 bits per heavy atom. The summed E-state index contributed by atoms with van der Waals surface area (Å²) in [6, 6.07) is 1.69. The monoisotopic (exact) mass is 223 g/mol. The zero-order chi connectivity index (χ0) is 11.8. The van der Waals surface area contributed by atoms with Crippen LogP contribution in [-0.4, -0.2) is 30.6 Å². The maximum Gasteiger partial charge on any atom is 0.190 e. The van der Waals surface area contributed by atoms with E-state index in [0.717, 1.165) is 6.42 Å². The van der Waals surface area contributed by atoms with Gasteiger partial charge in [-0.2, -0.15) is 0 Å². The molecule has 1 heterocycles. The van der Waals surface area contributed by atoms with Crippen LogP contribution >= 0.6 is 0 Å². The van der Waals surface area contributed by atoms with Crippen molar-refractivity contribution in [2.75, 3.05) is 19.8 Å². The summed E-state index contributed by atoms with van der Waals surface area (Å²) in [6.45, 7) is 5.15. The number of aromatic nitrogens is 1. The van der Waals surface area contributed by atoms with Gasteiger partial charge in [0.05, 0.1) is 12.8 Å². The summed E-state index contributed by atoms with van der Waals surface area (Å²) in [7, 11) is 0. The first-order valence-electron chi connectivity index (χ1n) is 5.46. The first-order valence-corrected chi connectivity index (χ1v) is 5.46. The molecule has 1 rings (SSSR count). The fourth-order valence-corrected chi connectivity index (χ4v) is 1.21. The molecule has 0 amide bonds. The van der Waals surface area contributed by atoms with E-state index in [1.165, 1.54) is 6.20 Å². The molecule has 0 aliphatic carbocycles. The van der Waals surface area contributed by atoms with Crippen LogP contribution < -0.4 is 4.74 Å². The van der Waals surface area contributed by atoms with E-state index in [-0.39, 0.29) is 12.4 Å². The molecule has 0 N–H and O–H groups in total. The Labute approximate surface area is 95.6 Å². The molecule has 0 unspecified atom stereocenters. The largest absolute Gasteiger partial charge is 0.492 e. The molecule has 1 aromatic heterocycles. The average Bonchev–Trinajstić information content (AvgIpc) is 2.30. The molecule has 0 saturated heterocycles. The standard InChI is InChI=1S/C12H17NO3/c1-3-5-15-9-12(14)10-6-11(16-4-2)8-13-7-10/h6-8H,3-5,9H2,1-2H3. The average molecular weight is 223 g/mol. The predicted molar refractivity (Wildman–Crippen MR) is 60.8 cm³/mol. The zero-order valence-corrected chi connectivity index (χ0v) is 9.73. The fourth-order valence-electron chi connectivity index (χ4n) is 1.21. The van der Waals surface area contributed by atoms with E-state index in [0.29, 0.717) is 24.5 Å². The Hall–Kier alpha value is -1.42. The van der Waals surface area contributed by atoms with Gasteiger partial charge in [0.25, 0.3) is 0 Å². The summed E-state index contributed by atoms with van der Waals surface area (Å²) in [5.74, 6) is 0.548. The van der Waals surface area contributed by atoms with Gasteiger partial charge >= 0.3 is 0 Å². The van der Waals surface area contributed by atoms with E-state index in [4.69, 9.17) is 9.47 Å². The zero-order valence-electron chi connectivity index (χ0n) is 9.73. The van der Waals surface area contributed by atoms with Crippen LogP contribution in [0.2, 0.25) is 0 Å². The molecule has 1 aromatic rings. The number of carbonyl (C=O) groups excluding carboxylic acids is 1. The summed E-state index contributed by atoms with van der Waals surface area (Å²) >= 11 is 0. The summed E-state index contributed by atoms with van der Waals surface area (Å²) < 4.78 is 10.4. The van der Waals surface area contributed by atoms with Crippen LogP contribution in [0.1, 0.15) is 30.6 Å². The van der Waals surface area contributed by atoms with Crippen LogP contribution in [0.3, 0.4) is 0 Å². The molecule has 0 spiro atoms. The van der Waals surface area contributed by atoms with Crippen LogP contribution in [0, 0.1) is 0 Å². The number of carbonyl (C=O) groups is 1. The van der Waals surface area contributed by atoms with Crippen LogP contribution in [0.25, 0.3) is 0 Å². The molecule has 16 heavy (non-hydrogen) atoms. The third kappa shape index (κ3) is 3.98. The summed E-state index contributed by atoms with van der Waals surface area (Å²) in [6.07, 6.45) is 4.03. The number of pyridine rings is 1. The van der Waals surface area contributed by atoms with Crippen LogP contribution in [-0.2, 0) is 4.74 Å². The van der Waals surface area contributed by atoms with Crippen molar-refractivity contribution >= 4 is 5.78 Å². The number of hydrogen-bond donors (Lipinski definition) is 0. The lowest BCUT2D eigenvalue weighted by molar-refractivity contribution is 0.0760. The molecule has 0 saturated carbocycles. The van der Waals surface area contributed by atoms with Crippen molar-refractivity contribution in [1.82, 2.24) is 4.98 Å². The van der Waals surface area contributed by atoms with Crippen molar-refractivity contribution in [1.29, 1.82) is 0 Å². The van der Waals surface area contributed by atoms with E-state index in [2.05, 4.69) is 4.98 Å². The van der Waals surface area contributed by atoms with Crippen LogP contribution in [0.4, 0.5) is 0 Å². The smallest absolute Gasteiger partial charge is 0.190 e. The van der Waals surface area contributed by atoms with Gasteiger partial charge in [-0.1, -0.05) is 6.92 Å². The third-order valence-electron chi connectivity index (χ3n) is 1.93. The van der Waals surface area contributed by atoms with Crippen LogP contribution in [0.15, 0.2) is 18.5 Å². The molecular weight excluding hydrogens is 206 g/mol. The lowest BCUT2D eigenvalue weighted by Gasteiger charge is -2.05.